The molecule has 1 aliphatic rings. The summed E-state index contributed by atoms with van der Waals surface area (Å²) >= 11 is 0. The van der Waals surface area contributed by atoms with Crippen molar-refractivity contribution in [3.63, 3.8) is 0 Å². The van der Waals surface area contributed by atoms with Crippen LogP contribution >= 0.6 is 0 Å². The van der Waals surface area contributed by atoms with E-state index in [1.807, 2.05) is 42.8 Å². The van der Waals surface area contributed by atoms with Gasteiger partial charge >= 0.3 is 0 Å². The van der Waals surface area contributed by atoms with E-state index in [4.69, 9.17) is 5.73 Å². The van der Waals surface area contributed by atoms with Crippen molar-refractivity contribution in [3.8, 4) is 0 Å². The number of benzene rings is 1. The second kappa shape index (κ2) is 3.32. The Kier molecular flexibility index (Phi) is 2.15. The fourth-order valence-corrected chi connectivity index (χ4v) is 3.05. The molecule has 1 saturated carbocycles. The Balaban J connectivity index is 2.34. The third-order valence-corrected chi connectivity index (χ3v) is 4.33. The van der Waals surface area contributed by atoms with Gasteiger partial charge in [0.2, 0.25) is 0 Å². The van der Waals surface area contributed by atoms with E-state index in [0.29, 0.717) is 0 Å². The van der Waals surface area contributed by atoms with Gasteiger partial charge in [0, 0.05) is 36.6 Å². The molecular formula is C14H16F2N2. The molecule has 2 N–H and O–H groups in total. The summed E-state index contributed by atoms with van der Waals surface area (Å²) in [7, 11) is 1.91. The van der Waals surface area contributed by atoms with Crippen molar-refractivity contribution in [2.75, 3.05) is 6.54 Å². The highest BCUT2D eigenvalue weighted by molar-refractivity contribution is 5.87. The largest absolute Gasteiger partial charge is 0.348 e. The molecule has 0 bridgehead atoms. The Morgan fingerprint density at radius 2 is 1.94 bits per heavy atom. The van der Waals surface area contributed by atoms with Crippen LogP contribution in [-0.2, 0) is 12.5 Å². The van der Waals surface area contributed by atoms with Crippen molar-refractivity contribution < 1.29 is 8.78 Å². The van der Waals surface area contributed by atoms with Crippen LogP contribution in [-0.4, -0.2) is 17.0 Å². The minimum atomic E-state index is -2.67. The number of hydrogen-bond acceptors (Lipinski definition) is 1. The van der Waals surface area contributed by atoms with Gasteiger partial charge in [0.1, 0.15) is 0 Å². The average Bonchev–Trinajstić information content (AvgIpc) is 2.82. The molecule has 1 aromatic carbocycles. The van der Waals surface area contributed by atoms with Crippen molar-refractivity contribution in [2.24, 2.45) is 12.8 Å². The quantitative estimate of drug-likeness (QED) is 0.873. The van der Waals surface area contributed by atoms with E-state index in [2.05, 4.69) is 0 Å². The normalized spacial score (nSPS) is 25.6. The van der Waals surface area contributed by atoms with E-state index in [0.717, 1.165) is 22.2 Å². The maximum absolute atomic E-state index is 13.8. The number of aromatic nitrogens is 1. The van der Waals surface area contributed by atoms with E-state index < -0.39 is 11.3 Å². The zero-order valence-corrected chi connectivity index (χ0v) is 10.5. The number of para-hydroxylation sites is 1. The van der Waals surface area contributed by atoms with Crippen molar-refractivity contribution in [2.45, 2.75) is 24.7 Å². The van der Waals surface area contributed by atoms with Gasteiger partial charge in [-0.25, -0.2) is 8.78 Å². The zero-order valence-electron chi connectivity index (χ0n) is 10.5. The highest BCUT2D eigenvalue weighted by atomic mass is 19.3. The lowest BCUT2D eigenvalue weighted by molar-refractivity contribution is 0.0897. The highest BCUT2D eigenvalue weighted by Gasteiger charge is 2.72. The molecule has 0 amide bonds. The summed E-state index contributed by atoms with van der Waals surface area (Å²) in [5.41, 5.74) is 7.11. The molecule has 96 valence electrons. The Hall–Kier alpha value is -1.42. The minimum absolute atomic E-state index is 0.00511. The first-order valence-electron chi connectivity index (χ1n) is 6.07. The number of nitrogens with two attached hydrogens (primary N) is 1. The Bertz CT molecular complexity index is 630. The fourth-order valence-electron chi connectivity index (χ4n) is 3.05. The number of halogens is 2. The highest BCUT2D eigenvalue weighted by Crippen LogP contribution is 2.62. The van der Waals surface area contributed by atoms with Gasteiger partial charge in [-0.15, -0.1) is 0 Å². The minimum Gasteiger partial charge on any atom is -0.348 e. The second-order valence-corrected chi connectivity index (χ2v) is 5.20. The number of nitrogens with zero attached hydrogens (tertiary/aromatic N) is 1. The first-order valence-corrected chi connectivity index (χ1v) is 6.07. The number of rotatable bonds is 2. The van der Waals surface area contributed by atoms with Crippen LogP contribution in [0.3, 0.4) is 0 Å². The van der Waals surface area contributed by atoms with Crippen LogP contribution in [0.15, 0.2) is 24.3 Å². The monoisotopic (exact) mass is 250 g/mol. The molecule has 1 heterocycles. The molecule has 3 rings (SSSR count). The lowest BCUT2D eigenvalue weighted by Gasteiger charge is -2.15. The lowest BCUT2D eigenvalue weighted by Crippen LogP contribution is -2.27. The molecule has 2 nitrogen and oxygen atoms in total. The summed E-state index contributed by atoms with van der Waals surface area (Å²) in [5.74, 6) is -2.67. The van der Waals surface area contributed by atoms with Crippen LogP contribution in [0.1, 0.15) is 17.7 Å². The van der Waals surface area contributed by atoms with Gasteiger partial charge in [-0.3, -0.25) is 0 Å². The van der Waals surface area contributed by atoms with Gasteiger partial charge in [-0.05, 0) is 18.6 Å². The molecule has 1 unspecified atom stereocenters. The third kappa shape index (κ3) is 1.19. The summed E-state index contributed by atoms with van der Waals surface area (Å²) in [6.45, 7) is 1.88. The molecule has 1 aromatic heterocycles. The molecule has 4 heteroatoms. The number of alkyl halides is 2. The van der Waals surface area contributed by atoms with Gasteiger partial charge < -0.3 is 10.3 Å². The smallest absolute Gasteiger partial charge is 0.260 e. The van der Waals surface area contributed by atoms with E-state index >= 15 is 0 Å². The molecule has 0 saturated heterocycles. The van der Waals surface area contributed by atoms with Gasteiger partial charge in [0.15, 0.2) is 0 Å². The van der Waals surface area contributed by atoms with Crippen molar-refractivity contribution in [1.82, 2.24) is 4.57 Å². The number of hydrogen-bond donors (Lipinski definition) is 1. The first-order chi connectivity index (χ1) is 8.44. The predicted octanol–water partition coefficient (Wildman–Crippen LogP) is 2.72. The molecule has 0 spiro atoms. The van der Waals surface area contributed by atoms with Crippen LogP contribution in [0, 0.1) is 6.92 Å². The zero-order chi connectivity index (χ0) is 13.1. The molecular weight excluding hydrogens is 234 g/mol. The van der Waals surface area contributed by atoms with Gasteiger partial charge in [0.05, 0.1) is 5.41 Å². The Labute approximate surface area is 104 Å². The van der Waals surface area contributed by atoms with Crippen LogP contribution in [0.4, 0.5) is 8.78 Å². The van der Waals surface area contributed by atoms with E-state index in [9.17, 15) is 8.78 Å². The maximum Gasteiger partial charge on any atom is 0.260 e. The maximum atomic E-state index is 13.8. The van der Waals surface area contributed by atoms with Gasteiger partial charge in [-0.2, -0.15) is 0 Å². The van der Waals surface area contributed by atoms with Crippen molar-refractivity contribution in [1.29, 1.82) is 0 Å². The molecule has 2 aromatic rings. The van der Waals surface area contributed by atoms with Crippen LogP contribution < -0.4 is 5.73 Å². The van der Waals surface area contributed by atoms with Crippen LogP contribution in [0.5, 0.6) is 0 Å². The van der Waals surface area contributed by atoms with Crippen molar-refractivity contribution >= 4 is 10.9 Å². The summed E-state index contributed by atoms with van der Waals surface area (Å²) in [6.07, 6.45) is -0.134. The summed E-state index contributed by atoms with van der Waals surface area (Å²) in [4.78, 5) is 0. The molecule has 0 radical (unpaired) electrons. The Morgan fingerprint density at radius 1 is 1.33 bits per heavy atom. The molecule has 1 aliphatic carbocycles. The standard InChI is InChI=1S/C14H16F2N2/c1-9-12(13(8-17)7-14(13,15)16)10-5-3-4-6-11(10)18(9)2/h3-6H,7-8,17H2,1-2H3. The lowest BCUT2D eigenvalue weighted by atomic mass is 9.92. The molecule has 1 atom stereocenters. The Morgan fingerprint density at radius 3 is 2.50 bits per heavy atom. The fraction of sp³-hybridized carbons (Fsp3) is 0.429. The van der Waals surface area contributed by atoms with Crippen LogP contribution in [0.25, 0.3) is 10.9 Å². The average molecular weight is 250 g/mol. The second-order valence-electron chi connectivity index (χ2n) is 5.20. The summed E-state index contributed by atoms with van der Waals surface area (Å²) in [5, 5.41) is 0.903. The van der Waals surface area contributed by atoms with E-state index in [1.165, 1.54) is 0 Å². The van der Waals surface area contributed by atoms with E-state index in [-0.39, 0.29) is 13.0 Å². The van der Waals surface area contributed by atoms with Gasteiger partial charge in [0.25, 0.3) is 5.92 Å². The third-order valence-electron chi connectivity index (χ3n) is 4.33. The molecule has 0 aliphatic heterocycles. The summed E-state index contributed by atoms with van der Waals surface area (Å²) < 4.78 is 29.5. The topological polar surface area (TPSA) is 30.9 Å². The first kappa shape index (κ1) is 11.7. The molecule has 1 fully saturated rings. The predicted molar refractivity (Wildman–Crippen MR) is 68.0 cm³/mol. The SMILES string of the molecule is Cc1c(C2(CN)CC2(F)F)c2ccccc2n1C. The summed E-state index contributed by atoms with van der Waals surface area (Å²) in [6, 6.07) is 7.67. The van der Waals surface area contributed by atoms with Crippen molar-refractivity contribution in [3.05, 3.63) is 35.5 Å². The number of fused-ring (bicyclic) bond motifs is 1. The van der Waals surface area contributed by atoms with Gasteiger partial charge in [-0.1, -0.05) is 18.2 Å². The number of aryl methyl sites for hydroxylation is 1. The molecule has 18 heavy (non-hydrogen) atoms. The van der Waals surface area contributed by atoms with Crippen LogP contribution in [0.2, 0.25) is 0 Å². The van der Waals surface area contributed by atoms with E-state index in [1.54, 1.807) is 0 Å².